The highest BCUT2D eigenvalue weighted by Crippen LogP contribution is 2.29. The van der Waals surface area contributed by atoms with E-state index in [0.29, 0.717) is 16.7 Å². The summed E-state index contributed by atoms with van der Waals surface area (Å²) in [5, 5.41) is 22.3. The second-order valence-corrected chi connectivity index (χ2v) is 9.56. The number of thioether (sulfide) groups is 1. The number of amides is 1. The topological polar surface area (TPSA) is 103 Å². The van der Waals surface area contributed by atoms with Crippen LogP contribution in [0.1, 0.15) is 33.3 Å². The van der Waals surface area contributed by atoms with Gasteiger partial charge in [0, 0.05) is 30.4 Å². The summed E-state index contributed by atoms with van der Waals surface area (Å²) in [5.74, 6) is 0.443. The lowest BCUT2D eigenvalue weighted by atomic mass is 9.87. The van der Waals surface area contributed by atoms with Gasteiger partial charge in [0.2, 0.25) is 5.91 Å². The largest absolute Gasteiger partial charge is 0.325 e. The van der Waals surface area contributed by atoms with Crippen LogP contribution >= 0.6 is 11.8 Å². The first-order valence-corrected chi connectivity index (χ1v) is 10.7. The van der Waals surface area contributed by atoms with E-state index < -0.39 is 10.2 Å². The monoisotopic (exact) mass is 439 g/mol. The summed E-state index contributed by atoms with van der Waals surface area (Å²) in [6.07, 6.45) is 0. The maximum Gasteiger partial charge on any atom is 0.271 e. The molecule has 1 aromatic heterocycles. The Morgan fingerprint density at radius 1 is 1.16 bits per heavy atom. The summed E-state index contributed by atoms with van der Waals surface area (Å²) in [6, 6.07) is 14.1. The number of hydrogen-bond acceptors (Lipinski definition) is 6. The van der Waals surface area contributed by atoms with Crippen molar-refractivity contribution in [1.82, 2.24) is 14.8 Å². The average Bonchev–Trinajstić information content (AvgIpc) is 3.07. The average molecular weight is 440 g/mol. The van der Waals surface area contributed by atoms with Gasteiger partial charge in [0.25, 0.3) is 5.69 Å². The first-order valence-electron chi connectivity index (χ1n) is 9.78. The number of benzene rings is 2. The van der Waals surface area contributed by atoms with E-state index in [2.05, 4.69) is 48.4 Å². The lowest BCUT2D eigenvalue weighted by Gasteiger charge is -2.19. The molecule has 1 unspecified atom stereocenters. The Balaban J connectivity index is 1.70. The van der Waals surface area contributed by atoms with Crippen molar-refractivity contribution in [3.8, 4) is 11.4 Å². The van der Waals surface area contributed by atoms with Crippen molar-refractivity contribution >= 4 is 29.0 Å². The lowest BCUT2D eigenvalue weighted by molar-refractivity contribution is -0.384. The second kappa shape index (κ2) is 8.89. The number of hydrogen-bond donors (Lipinski definition) is 1. The van der Waals surface area contributed by atoms with Crippen molar-refractivity contribution in [2.75, 3.05) is 5.32 Å². The molecule has 0 aliphatic carbocycles. The van der Waals surface area contributed by atoms with Gasteiger partial charge < -0.3 is 9.88 Å². The van der Waals surface area contributed by atoms with Crippen LogP contribution in [0.25, 0.3) is 11.4 Å². The van der Waals surface area contributed by atoms with Crippen molar-refractivity contribution in [2.24, 2.45) is 7.05 Å². The summed E-state index contributed by atoms with van der Waals surface area (Å²) in [6.45, 7) is 8.25. The van der Waals surface area contributed by atoms with Gasteiger partial charge in [-0.1, -0.05) is 62.9 Å². The SMILES string of the molecule is CC(Sc1nnc(-c2ccc(C(C)(C)C)cc2)n1C)C(=O)Nc1cccc([N+](=O)[O-])c1. The molecule has 0 saturated heterocycles. The van der Waals surface area contributed by atoms with Crippen molar-refractivity contribution in [3.63, 3.8) is 0 Å². The Hall–Kier alpha value is -3.20. The number of rotatable bonds is 6. The van der Waals surface area contributed by atoms with E-state index in [9.17, 15) is 14.9 Å². The van der Waals surface area contributed by atoms with Crippen molar-refractivity contribution in [2.45, 2.75) is 43.5 Å². The van der Waals surface area contributed by atoms with Gasteiger partial charge >= 0.3 is 0 Å². The first-order chi connectivity index (χ1) is 14.6. The van der Waals surface area contributed by atoms with E-state index >= 15 is 0 Å². The Kier molecular flexibility index (Phi) is 6.45. The van der Waals surface area contributed by atoms with Crippen molar-refractivity contribution in [3.05, 3.63) is 64.2 Å². The highest BCUT2D eigenvalue weighted by atomic mass is 32.2. The molecule has 0 fully saturated rings. The van der Waals surface area contributed by atoms with Gasteiger partial charge in [0.1, 0.15) is 0 Å². The molecule has 1 N–H and O–H groups in total. The van der Waals surface area contributed by atoms with Gasteiger partial charge in [-0.2, -0.15) is 0 Å². The van der Waals surface area contributed by atoms with E-state index in [1.54, 1.807) is 13.0 Å². The predicted molar refractivity (Wildman–Crippen MR) is 122 cm³/mol. The molecule has 162 valence electrons. The maximum absolute atomic E-state index is 12.6. The summed E-state index contributed by atoms with van der Waals surface area (Å²) < 4.78 is 1.86. The van der Waals surface area contributed by atoms with Gasteiger partial charge in [-0.05, 0) is 24.0 Å². The van der Waals surface area contributed by atoms with Crippen molar-refractivity contribution in [1.29, 1.82) is 0 Å². The number of non-ortho nitro benzene ring substituents is 1. The molecular weight excluding hydrogens is 414 g/mol. The molecule has 3 aromatic rings. The number of aromatic nitrogens is 3. The van der Waals surface area contributed by atoms with Gasteiger partial charge in [0.15, 0.2) is 11.0 Å². The van der Waals surface area contributed by atoms with Crippen LogP contribution < -0.4 is 5.32 Å². The molecule has 0 spiro atoms. The molecule has 0 radical (unpaired) electrons. The van der Waals surface area contributed by atoms with Gasteiger partial charge in [-0.25, -0.2) is 0 Å². The molecule has 1 atom stereocenters. The molecule has 2 aromatic carbocycles. The summed E-state index contributed by atoms with van der Waals surface area (Å²) in [7, 11) is 1.86. The summed E-state index contributed by atoms with van der Waals surface area (Å²) in [5.41, 5.74) is 2.56. The van der Waals surface area contributed by atoms with Crippen LogP contribution in [0.15, 0.2) is 53.7 Å². The Bertz CT molecular complexity index is 1100. The number of nitrogens with one attached hydrogen (secondary N) is 1. The van der Waals surface area contributed by atoms with Crippen LogP contribution in [0.3, 0.4) is 0 Å². The van der Waals surface area contributed by atoms with Crippen LogP contribution in [0, 0.1) is 10.1 Å². The number of carbonyl (C=O) groups is 1. The normalized spacial score (nSPS) is 12.4. The molecule has 3 rings (SSSR count). The molecule has 0 saturated carbocycles. The Morgan fingerprint density at radius 3 is 2.45 bits per heavy atom. The standard InChI is InChI=1S/C22H25N5O3S/c1-14(20(28)23-17-7-6-8-18(13-17)27(29)30)31-21-25-24-19(26(21)5)15-9-11-16(12-10-15)22(2,3)4/h6-14H,1-5H3,(H,23,28). The van der Waals surface area contributed by atoms with Crippen LogP contribution in [-0.2, 0) is 17.3 Å². The maximum atomic E-state index is 12.6. The van der Waals surface area contributed by atoms with E-state index in [0.717, 1.165) is 5.56 Å². The Morgan fingerprint density at radius 2 is 1.84 bits per heavy atom. The number of carbonyl (C=O) groups excluding carboxylic acids is 1. The summed E-state index contributed by atoms with van der Waals surface area (Å²) >= 11 is 1.27. The number of anilines is 1. The highest BCUT2D eigenvalue weighted by Gasteiger charge is 2.21. The number of nitrogens with zero attached hydrogens (tertiary/aromatic N) is 4. The minimum absolute atomic E-state index is 0.0708. The van der Waals surface area contributed by atoms with Crippen molar-refractivity contribution < 1.29 is 9.72 Å². The zero-order valence-electron chi connectivity index (χ0n) is 18.1. The molecule has 9 heteroatoms. The minimum Gasteiger partial charge on any atom is -0.325 e. The van der Waals surface area contributed by atoms with Crippen LogP contribution in [0.4, 0.5) is 11.4 Å². The number of nitro benzene ring substituents is 1. The molecular formula is C22H25N5O3S. The lowest BCUT2D eigenvalue weighted by Crippen LogP contribution is -2.22. The molecule has 8 nitrogen and oxygen atoms in total. The first kappa shape index (κ1) is 22.5. The van der Waals surface area contributed by atoms with E-state index in [-0.39, 0.29) is 17.0 Å². The van der Waals surface area contributed by atoms with E-state index in [1.807, 2.05) is 23.7 Å². The molecule has 1 heterocycles. The Labute approximate surface area is 185 Å². The number of nitro groups is 1. The molecule has 1 amide bonds. The van der Waals surface area contributed by atoms with Gasteiger partial charge in [0.05, 0.1) is 10.2 Å². The fourth-order valence-corrected chi connectivity index (χ4v) is 3.76. The minimum atomic E-state index is -0.497. The molecule has 0 aliphatic heterocycles. The van der Waals surface area contributed by atoms with E-state index in [4.69, 9.17) is 0 Å². The third-order valence-electron chi connectivity index (χ3n) is 4.82. The summed E-state index contributed by atoms with van der Waals surface area (Å²) in [4.78, 5) is 23.0. The predicted octanol–water partition coefficient (Wildman–Crippen LogP) is 4.81. The van der Waals surface area contributed by atoms with Gasteiger partial charge in [-0.3, -0.25) is 14.9 Å². The zero-order valence-corrected chi connectivity index (χ0v) is 18.9. The zero-order chi connectivity index (χ0) is 22.8. The third-order valence-corrected chi connectivity index (χ3v) is 5.95. The second-order valence-electron chi connectivity index (χ2n) is 8.25. The third kappa shape index (κ3) is 5.29. The molecule has 0 aliphatic rings. The fraction of sp³-hybridized carbons (Fsp3) is 0.318. The van der Waals surface area contributed by atoms with Crippen LogP contribution in [-0.4, -0.2) is 30.8 Å². The van der Waals surface area contributed by atoms with Crippen LogP contribution in [0.2, 0.25) is 0 Å². The van der Waals surface area contributed by atoms with Gasteiger partial charge in [-0.15, -0.1) is 10.2 Å². The highest BCUT2D eigenvalue weighted by molar-refractivity contribution is 8.00. The quantitative estimate of drug-likeness (QED) is 0.336. The smallest absolute Gasteiger partial charge is 0.271 e. The van der Waals surface area contributed by atoms with E-state index in [1.165, 1.54) is 35.5 Å². The van der Waals surface area contributed by atoms with Crippen LogP contribution in [0.5, 0.6) is 0 Å². The molecule has 0 bridgehead atoms. The fourth-order valence-electron chi connectivity index (χ4n) is 2.94. The molecule has 31 heavy (non-hydrogen) atoms.